The molecule has 106 valence electrons. The van der Waals surface area contributed by atoms with E-state index in [0.29, 0.717) is 0 Å². The van der Waals surface area contributed by atoms with Crippen molar-refractivity contribution in [2.75, 3.05) is 23.3 Å². The third kappa shape index (κ3) is 3.10. The van der Waals surface area contributed by atoms with Crippen molar-refractivity contribution in [2.24, 2.45) is 0 Å². The molecule has 1 aliphatic rings. The van der Waals surface area contributed by atoms with Crippen molar-refractivity contribution in [3.63, 3.8) is 0 Å². The summed E-state index contributed by atoms with van der Waals surface area (Å²) < 4.78 is 0. The van der Waals surface area contributed by atoms with Crippen LogP contribution < -0.4 is 10.2 Å². The first-order valence-corrected chi connectivity index (χ1v) is 8.05. The maximum Gasteiger partial charge on any atom is 0.128 e. The maximum atomic E-state index is 4.58. The van der Waals surface area contributed by atoms with Gasteiger partial charge < -0.3 is 10.2 Å². The SMILES string of the molecule is Cc1ncsc1CNc1ccc(N2CCCCC2)nc1. The van der Waals surface area contributed by atoms with Crippen molar-refractivity contribution in [3.05, 3.63) is 34.4 Å². The summed E-state index contributed by atoms with van der Waals surface area (Å²) in [6.45, 7) is 5.14. The molecule has 0 saturated carbocycles. The third-order valence-corrected chi connectivity index (χ3v) is 4.66. The highest BCUT2D eigenvalue weighted by molar-refractivity contribution is 7.09. The van der Waals surface area contributed by atoms with Gasteiger partial charge in [-0.15, -0.1) is 11.3 Å². The van der Waals surface area contributed by atoms with Crippen molar-refractivity contribution in [3.8, 4) is 0 Å². The molecule has 0 atom stereocenters. The second-order valence-electron chi connectivity index (χ2n) is 5.17. The van der Waals surface area contributed by atoms with Crippen LogP contribution in [-0.4, -0.2) is 23.1 Å². The lowest BCUT2D eigenvalue weighted by Crippen LogP contribution is -2.30. The van der Waals surface area contributed by atoms with Crippen LogP contribution in [0.2, 0.25) is 0 Å². The monoisotopic (exact) mass is 288 g/mol. The Labute approximate surface area is 123 Å². The van der Waals surface area contributed by atoms with Crippen LogP contribution in [0.4, 0.5) is 11.5 Å². The summed E-state index contributed by atoms with van der Waals surface area (Å²) in [5.74, 6) is 1.10. The number of thiazole rings is 1. The van der Waals surface area contributed by atoms with Crippen LogP contribution in [0.25, 0.3) is 0 Å². The highest BCUT2D eigenvalue weighted by Crippen LogP contribution is 2.20. The molecule has 0 spiro atoms. The highest BCUT2D eigenvalue weighted by atomic mass is 32.1. The first kappa shape index (κ1) is 13.4. The van der Waals surface area contributed by atoms with E-state index < -0.39 is 0 Å². The largest absolute Gasteiger partial charge is 0.379 e. The van der Waals surface area contributed by atoms with Crippen molar-refractivity contribution < 1.29 is 0 Å². The summed E-state index contributed by atoms with van der Waals surface area (Å²) in [4.78, 5) is 12.5. The van der Waals surface area contributed by atoms with Gasteiger partial charge in [-0.05, 0) is 38.3 Å². The fraction of sp³-hybridized carbons (Fsp3) is 0.467. The van der Waals surface area contributed by atoms with E-state index in [0.717, 1.165) is 36.8 Å². The van der Waals surface area contributed by atoms with Gasteiger partial charge in [0.1, 0.15) is 5.82 Å². The van der Waals surface area contributed by atoms with Crippen LogP contribution in [0.15, 0.2) is 23.8 Å². The predicted molar refractivity (Wildman–Crippen MR) is 84.5 cm³/mol. The van der Waals surface area contributed by atoms with Gasteiger partial charge in [0.05, 0.1) is 29.6 Å². The molecular weight excluding hydrogens is 268 g/mol. The minimum atomic E-state index is 0.821. The van der Waals surface area contributed by atoms with E-state index in [4.69, 9.17) is 0 Å². The molecule has 20 heavy (non-hydrogen) atoms. The Bertz CT molecular complexity index is 543. The molecule has 0 aliphatic carbocycles. The van der Waals surface area contributed by atoms with E-state index in [1.54, 1.807) is 11.3 Å². The average Bonchev–Trinajstić information content (AvgIpc) is 2.92. The summed E-state index contributed by atoms with van der Waals surface area (Å²) in [6, 6.07) is 4.24. The predicted octanol–water partition coefficient (Wildman–Crippen LogP) is 3.45. The summed E-state index contributed by atoms with van der Waals surface area (Å²) in [5, 5.41) is 3.41. The molecule has 3 rings (SSSR count). The molecule has 1 saturated heterocycles. The lowest BCUT2D eigenvalue weighted by atomic mass is 10.1. The topological polar surface area (TPSA) is 41.1 Å². The first-order valence-electron chi connectivity index (χ1n) is 7.17. The Balaban J connectivity index is 1.59. The van der Waals surface area contributed by atoms with Crippen molar-refractivity contribution in [2.45, 2.75) is 32.7 Å². The molecule has 1 aliphatic heterocycles. The summed E-state index contributed by atoms with van der Waals surface area (Å²) in [6.07, 6.45) is 5.85. The molecule has 2 aromatic rings. The van der Waals surface area contributed by atoms with Crippen LogP contribution in [0, 0.1) is 6.92 Å². The van der Waals surface area contributed by atoms with Crippen LogP contribution in [0.3, 0.4) is 0 Å². The second kappa shape index (κ2) is 6.22. The van der Waals surface area contributed by atoms with E-state index in [-0.39, 0.29) is 0 Å². The minimum Gasteiger partial charge on any atom is -0.379 e. The number of rotatable bonds is 4. The summed E-state index contributed by atoms with van der Waals surface area (Å²) in [7, 11) is 0. The third-order valence-electron chi connectivity index (χ3n) is 3.73. The van der Waals surface area contributed by atoms with Crippen LogP contribution in [-0.2, 0) is 6.54 Å². The van der Waals surface area contributed by atoms with Gasteiger partial charge in [0.15, 0.2) is 0 Å². The van der Waals surface area contributed by atoms with Crippen molar-refractivity contribution in [1.82, 2.24) is 9.97 Å². The smallest absolute Gasteiger partial charge is 0.128 e. The van der Waals surface area contributed by atoms with Gasteiger partial charge in [0, 0.05) is 18.0 Å². The van der Waals surface area contributed by atoms with Gasteiger partial charge in [-0.2, -0.15) is 0 Å². The van der Waals surface area contributed by atoms with Gasteiger partial charge in [-0.25, -0.2) is 9.97 Å². The first-order chi connectivity index (χ1) is 9.83. The highest BCUT2D eigenvalue weighted by Gasteiger charge is 2.11. The number of anilines is 2. The molecule has 4 nitrogen and oxygen atoms in total. The van der Waals surface area contributed by atoms with E-state index >= 15 is 0 Å². The number of piperidine rings is 1. The standard InChI is InChI=1S/C15H20N4S/c1-12-14(20-11-18-12)10-16-13-5-6-15(17-9-13)19-7-3-2-4-8-19/h5-6,9,11,16H,2-4,7-8,10H2,1H3. The molecule has 1 N–H and O–H groups in total. The Morgan fingerprint density at radius 1 is 1.20 bits per heavy atom. The van der Waals surface area contributed by atoms with Crippen LogP contribution in [0.1, 0.15) is 29.8 Å². The number of hydrogen-bond acceptors (Lipinski definition) is 5. The molecule has 0 amide bonds. The van der Waals surface area contributed by atoms with Crippen molar-refractivity contribution in [1.29, 1.82) is 0 Å². The molecular formula is C15H20N4S. The fourth-order valence-corrected chi connectivity index (χ4v) is 3.20. The molecule has 1 fully saturated rings. The molecule has 0 aromatic carbocycles. The normalized spacial score (nSPS) is 15.3. The zero-order chi connectivity index (χ0) is 13.8. The molecule has 0 bridgehead atoms. The van der Waals surface area contributed by atoms with E-state index in [2.05, 4.69) is 32.3 Å². The van der Waals surface area contributed by atoms with Crippen LogP contribution >= 0.6 is 11.3 Å². The molecule has 3 heterocycles. The van der Waals surface area contributed by atoms with E-state index in [9.17, 15) is 0 Å². The summed E-state index contributed by atoms with van der Waals surface area (Å²) in [5.41, 5.74) is 4.07. The number of pyridine rings is 1. The quantitative estimate of drug-likeness (QED) is 0.935. The lowest BCUT2D eigenvalue weighted by molar-refractivity contribution is 0.573. The maximum absolute atomic E-state index is 4.58. The van der Waals surface area contributed by atoms with E-state index in [1.165, 1.54) is 24.1 Å². The summed E-state index contributed by atoms with van der Waals surface area (Å²) >= 11 is 1.69. The average molecular weight is 288 g/mol. The van der Waals surface area contributed by atoms with Gasteiger partial charge in [0.2, 0.25) is 0 Å². The van der Waals surface area contributed by atoms with Crippen molar-refractivity contribution >= 4 is 22.8 Å². The van der Waals surface area contributed by atoms with Gasteiger partial charge in [0.25, 0.3) is 0 Å². The number of nitrogens with zero attached hydrogens (tertiary/aromatic N) is 3. The fourth-order valence-electron chi connectivity index (χ4n) is 2.48. The van der Waals surface area contributed by atoms with E-state index in [1.807, 2.05) is 18.6 Å². The zero-order valence-corrected chi connectivity index (χ0v) is 12.6. The Morgan fingerprint density at radius 2 is 2.05 bits per heavy atom. The van der Waals surface area contributed by atoms with Crippen LogP contribution in [0.5, 0.6) is 0 Å². The lowest BCUT2D eigenvalue weighted by Gasteiger charge is -2.27. The molecule has 5 heteroatoms. The second-order valence-corrected chi connectivity index (χ2v) is 6.11. The Morgan fingerprint density at radius 3 is 2.70 bits per heavy atom. The number of hydrogen-bond donors (Lipinski definition) is 1. The van der Waals surface area contributed by atoms with Gasteiger partial charge in [-0.1, -0.05) is 0 Å². The van der Waals surface area contributed by atoms with Gasteiger partial charge in [-0.3, -0.25) is 0 Å². The zero-order valence-electron chi connectivity index (χ0n) is 11.8. The number of nitrogens with one attached hydrogen (secondary N) is 1. The molecule has 2 aromatic heterocycles. The Kier molecular flexibility index (Phi) is 4.16. The number of aromatic nitrogens is 2. The Hall–Kier alpha value is -1.62. The van der Waals surface area contributed by atoms with Gasteiger partial charge >= 0.3 is 0 Å². The molecule has 0 unspecified atom stereocenters. The minimum absolute atomic E-state index is 0.821. The number of aryl methyl sites for hydroxylation is 1. The molecule has 0 radical (unpaired) electrons.